The van der Waals surface area contributed by atoms with Gasteiger partial charge in [0, 0.05) is 17.6 Å². The van der Waals surface area contributed by atoms with Crippen LogP contribution in [0.1, 0.15) is 24.1 Å². The molecule has 2 aromatic rings. The van der Waals surface area contributed by atoms with Gasteiger partial charge in [-0.2, -0.15) is 0 Å². The zero-order chi connectivity index (χ0) is 17.7. The molecule has 130 valence electrons. The quantitative estimate of drug-likeness (QED) is 0.803. The monoisotopic (exact) mass is 353 g/mol. The summed E-state index contributed by atoms with van der Waals surface area (Å²) in [4.78, 5) is 0. The zero-order valence-electron chi connectivity index (χ0n) is 14.2. The third-order valence-electron chi connectivity index (χ3n) is 3.77. The van der Waals surface area contributed by atoms with Gasteiger partial charge in [-0.15, -0.1) is 0 Å². The lowest BCUT2D eigenvalue weighted by atomic mass is 10.1. The fourth-order valence-electron chi connectivity index (χ4n) is 2.47. The van der Waals surface area contributed by atoms with Crippen LogP contribution in [-0.2, 0) is 6.54 Å². The Morgan fingerprint density at radius 3 is 2.17 bits per heavy atom. The first-order valence-corrected chi connectivity index (χ1v) is 7.85. The summed E-state index contributed by atoms with van der Waals surface area (Å²) in [6.07, 6.45) is 0. The van der Waals surface area contributed by atoms with Gasteiger partial charge in [-0.25, -0.2) is 4.39 Å². The molecule has 0 aliphatic rings. The Kier molecular flexibility index (Phi) is 6.29. The van der Waals surface area contributed by atoms with Gasteiger partial charge < -0.3 is 19.5 Å². The Bertz CT molecular complexity index is 684. The van der Waals surface area contributed by atoms with E-state index in [1.165, 1.54) is 12.1 Å². The van der Waals surface area contributed by atoms with Gasteiger partial charge >= 0.3 is 0 Å². The van der Waals surface area contributed by atoms with Gasteiger partial charge in [0.15, 0.2) is 11.5 Å². The second-order valence-corrected chi connectivity index (χ2v) is 5.71. The van der Waals surface area contributed by atoms with Crippen LogP contribution in [0.15, 0.2) is 30.3 Å². The van der Waals surface area contributed by atoms with Gasteiger partial charge in [-0.3, -0.25) is 0 Å². The van der Waals surface area contributed by atoms with Crippen LogP contribution in [0, 0.1) is 5.82 Å². The van der Waals surface area contributed by atoms with E-state index >= 15 is 0 Å². The van der Waals surface area contributed by atoms with Crippen LogP contribution in [0.4, 0.5) is 4.39 Å². The number of methoxy groups -OCH3 is 3. The summed E-state index contributed by atoms with van der Waals surface area (Å²) in [5.74, 6) is 1.40. The van der Waals surface area contributed by atoms with Crippen LogP contribution in [0.2, 0.25) is 5.02 Å². The molecule has 0 fully saturated rings. The maximum absolute atomic E-state index is 13.2. The number of halogens is 2. The summed E-state index contributed by atoms with van der Waals surface area (Å²) in [6.45, 7) is 2.53. The lowest BCUT2D eigenvalue weighted by Gasteiger charge is -2.18. The summed E-state index contributed by atoms with van der Waals surface area (Å²) >= 11 is 6.10. The van der Waals surface area contributed by atoms with E-state index in [4.69, 9.17) is 25.8 Å². The largest absolute Gasteiger partial charge is 0.493 e. The minimum Gasteiger partial charge on any atom is -0.493 e. The zero-order valence-corrected chi connectivity index (χ0v) is 14.9. The third kappa shape index (κ3) is 4.10. The predicted octanol–water partition coefficient (Wildman–Crippen LogP) is 4.36. The number of rotatable bonds is 7. The first-order chi connectivity index (χ1) is 11.5. The molecule has 0 aromatic heterocycles. The van der Waals surface area contributed by atoms with Crippen molar-refractivity contribution in [2.24, 2.45) is 0 Å². The SMILES string of the molecule is COc1cc(CNC(C)c2ccc(F)cc2Cl)cc(OC)c1OC. The Morgan fingerprint density at radius 1 is 1.04 bits per heavy atom. The maximum Gasteiger partial charge on any atom is 0.203 e. The summed E-state index contributed by atoms with van der Waals surface area (Å²) in [5, 5.41) is 3.76. The molecule has 24 heavy (non-hydrogen) atoms. The Morgan fingerprint density at radius 2 is 1.67 bits per heavy atom. The molecule has 0 saturated carbocycles. The molecular weight excluding hydrogens is 333 g/mol. The Balaban J connectivity index is 2.16. The van der Waals surface area contributed by atoms with E-state index in [1.807, 2.05) is 19.1 Å². The van der Waals surface area contributed by atoms with E-state index in [9.17, 15) is 4.39 Å². The first kappa shape index (κ1) is 18.4. The molecule has 2 aromatic carbocycles. The molecule has 6 heteroatoms. The maximum atomic E-state index is 13.2. The van der Waals surface area contributed by atoms with Crippen LogP contribution < -0.4 is 19.5 Å². The molecule has 0 amide bonds. The Hall–Kier alpha value is -1.98. The second kappa shape index (κ2) is 8.22. The first-order valence-electron chi connectivity index (χ1n) is 7.47. The summed E-state index contributed by atoms with van der Waals surface area (Å²) in [5.41, 5.74) is 1.81. The van der Waals surface area contributed by atoms with Crippen molar-refractivity contribution >= 4 is 11.6 Å². The molecule has 1 N–H and O–H groups in total. The van der Waals surface area contributed by atoms with Crippen molar-refractivity contribution in [1.82, 2.24) is 5.32 Å². The summed E-state index contributed by atoms with van der Waals surface area (Å²) in [6, 6.07) is 8.12. The number of benzene rings is 2. The summed E-state index contributed by atoms with van der Waals surface area (Å²) < 4.78 is 29.2. The van der Waals surface area contributed by atoms with Gasteiger partial charge in [-0.1, -0.05) is 17.7 Å². The second-order valence-electron chi connectivity index (χ2n) is 5.30. The smallest absolute Gasteiger partial charge is 0.203 e. The number of hydrogen-bond acceptors (Lipinski definition) is 4. The fourth-order valence-corrected chi connectivity index (χ4v) is 2.80. The van der Waals surface area contributed by atoms with Gasteiger partial charge in [0.25, 0.3) is 0 Å². The highest BCUT2D eigenvalue weighted by Gasteiger charge is 2.15. The molecule has 0 aliphatic heterocycles. The normalized spacial score (nSPS) is 11.9. The van der Waals surface area contributed by atoms with Crippen molar-refractivity contribution in [3.8, 4) is 17.2 Å². The highest BCUT2D eigenvalue weighted by Crippen LogP contribution is 2.38. The van der Waals surface area contributed by atoms with E-state index in [-0.39, 0.29) is 11.9 Å². The van der Waals surface area contributed by atoms with E-state index in [0.717, 1.165) is 11.1 Å². The molecular formula is C18H21ClFNO3. The van der Waals surface area contributed by atoms with Crippen molar-refractivity contribution < 1.29 is 18.6 Å². The molecule has 0 aliphatic carbocycles. The molecule has 1 unspecified atom stereocenters. The topological polar surface area (TPSA) is 39.7 Å². The number of ether oxygens (including phenoxy) is 3. The molecule has 0 saturated heterocycles. The predicted molar refractivity (Wildman–Crippen MR) is 92.8 cm³/mol. The third-order valence-corrected chi connectivity index (χ3v) is 4.09. The van der Waals surface area contributed by atoms with Gasteiger partial charge in [0.1, 0.15) is 5.82 Å². The van der Waals surface area contributed by atoms with Crippen LogP contribution in [-0.4, -0.2) is 21.3 Å². The van der Waals surface area contributed by atoms with Crippen molar-refractivity contribution in [3.63, 3.8) is 0 Å². The molecule has 2 rings (SSSR count). The Labute approximate surface area is 146 Å². The van der Waals surface area contributed by atoms with E-state index in [0.29, 0.717) is 28.8 Å². The minimum atomic E-state index is -0.347. The molecule has 0 radical (unpaired) electrons. The van der Waals surface area contributed by atoms with Crippen molar-refractivity contribution in [1.29, 1.82) is 0 Å². The molecule has 0 bridgehead atoms. The molecule has 4 nitrogen and oxygen atoms in total. The number of hydrogen-bond donors (Lipinski definition) is 1. The highest BCUT2D eigenvalue weighted by molar-refractivity contribution is 6.31. The molecule has 1 atom stereocenters. The van der Waals surface area contributed by atoms with Gasteiger partial charge in [-0.05, 0) is 42.3 Å². The van der Waals surface area contributed by atoms with Crippen LogP contribution in [0.25, 0.3) is 0 Å². The lowest BCUT2D eigenvalue weighted by Crippen LogP contribution is -2.18. The van der Waals surface area contributed by atoms with Crippen LogP contribution in [0.5, 0.6) is 17.2 Å². The molecule has 0 heterocycles. The fraction of sp³-hybridized carbons (Fsp3) is 0.333. The van der Waals surface area contributed by atoms with E-state index in [1.54, 1.807) is 27.4 Å². The van der Waals surface area contributed by atoms with Crippen molar-refractivity contribution in [3.05, 3.63) is 52.3 Å². The lowest BCUT2D eigenvalue weighted by molar-refractivity contribution is 0.323. The van der Waals surface area contributed by atoms with Crippen LogP contribution in [0.3, 0.4) is 0 Å². The van der Waals surface area contributed by atoms with E-state index < -0.39 is 0 Å². The average molecular weight is 354 g/mol. The highest BCUT2D eigenvalue weighted by atomic mass is 35.5. The van der Waals surface area contributed by atoms with Crippen LogP contribution >= 0.6 is 11.6 Å². The standard InChI is InChI=1S/C18H21ClFNO3/c1-11(14-6-5-13(20)9-15(14)19)21-10-12-7-16(22-2)18(24-4)17(8-12)23-3/h5-9,11,21H,10H2,1-4H3. The average Bonchev–Trinajstić information content (AvgIpc) is 2.58. The van der Waals surface area contributed by atoms with Crippen molar-refractivity contribution in [2.75, 3.05) is 21.3 Å². The van der Waals surface area contributed by atoms with Crippen molar-refractivity contribution in [2.45, 2.75) is 19.5 Å². The number of nitrogens with one attached hydrogen (secondary N) is 1. The van der Waals surface area contributed by atoms with Gasteiger partial charge in [0.2, 0.25) is 5.75 Å². The summed E-state index contributed by atoms with van der Waals surface area (Å²) in [7, 11) is 4.72. The van der Waals surface area contributed by atoms with Gasteiger partial charge in [0.05, 0.1) is 21.3 Å². The minimum absolute atomic E-state index is 0.0443. The molecule has 0 spiro atoms. The van der Waals surface area contributed by atoms with E-state index in [2.05, 4.69) is 5.32 Å².